The van der Waals surface area contributed by atoms with E-state index in [1.165, 1.54) is 6.07 Å². The van der Waals surface area contributed by atoms with Gasteiger partial charge in [-0.3, -0.25) is 0 Å². The third-order valence-corrected chi connectivity index (χ3v) is 2.06. The largest absolute Gasteiger partial charge is 0.417 e. The van der Waals surface area contributed by atoms with E-state index in [0.717, 1.165) is 6.07 Å². The predicted octanol–water partition coefficient (Wildman–Crippen LogP) is 2.51. The van der Waals surface area contributed by atoms with Crippen LogP contribution in [-0.2, 0) is 12.6 Å². The van der Waals surface area contributed by atoms with Crippen molar-refractivity contribution in [1.82, 2.24) is 0 Å². The summed E-state index contributed by atoms with van der Waals surface area (Å²) in [4.78, 5) is 0. The average Bonchev–Trinajstić information content (AvgIpc) is 2.27. The number of halogens is 3. The van der Waals surface area contributed by atoms with Gasteiger partial charge in [0.2, 0.25) is 0 Å². The smallest absolute Gasteiger partial charge is 0.198 e. The summed E-state index contributed by atoms with van der Waals surface area (Å²) in [5.74, 6) is 0. The Morgan fingerprint density at radius 3 is 2.00 bits per heavy atom. The van der Waals surface area contributed by atoms with Gasteiger partial charge in [-0.1, -0.05) is 0 Å². The summed E-state index contributed by atoms with van der Waals surface area (Å²) in [5, 5.41) is 25.8. The van der Waals surface area contributed by atoms with Crippen molar-refractivity contribution in [3.8, 4) is 18.2 Å². The van der Waals surface area contributed by atoms with Crippen LogP contribution in [0, 0.1) is 34.0 Å². The van der Waals surface area contributed by atoms with Crippen LogP contribution < -0.4 is 0 Å². The summed E-state index contributed by atoms with van der Waals surface area (Å²) >= 11 is 0. The number of rotatable bonds is 1. The second kappa shape index (κ2) is 4.55. The molecule has 0 bridgehead atoms. The van der Waals surface area contributed by atoms with Crippen molar-refractivity contribution in [2.45, 2.75) is 12.6 Å². The molecule has 0 aromatic heterocycles. The first-order valence-electron chi connectivity index (χ1n) is 4.35. The zero-order valence-corrected chi connectivity index (χ0v) is 8.34. The van der Waals surface area contributed by atoms with Crippen molar-refractivity contribution < 1.29 is 13.2 Å². The molecule has 0 saturated heterocycles. The first kappa shape index (κ1) is 12.5. The Morgan fingerprint density at radius 1 is 1.00 bits per heavy atom. The number of nitriles is 3. The lowest BCUT2D eigenvalue weighted by atomic mass is 9.97. The van der Waals surface area contributed by atoms with Gasteiger partial charge < -0.3 is 0 Å². The van der Waals surface area contributed by atoms with Crippen molar-refractivity contribution in [1.29, 1.82) is 15.8 Å². The van der Waals surface area contributed by atoms with Gasteiger partial charge in [0.25, 0.3) is 0 Å². The van der Waals surface area contributed by atoms with Crippen molar-refractivity contribution in [2.24, 2.45) is 0 Å². The second-order valence-corrected chi connectivity index (χ2v) is 3.11. The van der Waals surface area contributed by atoms with Gasteiger partial charge in [0, 0.05) is 0 Å². The van der Waals surface area contributed by atoms with Crippen LogP contribution in [0.15, 0.2) is 12.1 Å². The molecule has 3 nitrogen and oxygen atoms in total. The van der Waals surface area contributed by atoms with Crippen molar-refractivity contribution in [3.05, 3.63) is 34.4 Å². The van der Waals surface area contributed by atoms with E-state index in [1.807, 2.05) is 0 Å². The lowest BCUT2D eigenvalue weighted by Crippen LogP contribution is -2.09. The zero-order chi connectivity index (χ0) is 13.1. The highest BCUT2D eigenvalue weighted by Gasteiger charge is 2.34. The number of benzene rings is 1. The van der Waals surface area contributed by atoms with E-state index in [4.69, 9.17) is 15.8 Å². The molecule has 1 rings (SSSR count). The number of alkyl halides is 3. The zero-order valence-electron chi connectivity index (χ0n) is 8.34. The third-order valence-electron chi connectivity index (χ3n) is 2.06. The maximum Gasteiger partial charge on any atom is 0.417 e. The quantitative estimate of drug-likeness (QED) is 0.750. The van der Waals surface area contributed by atoms with Crippen LogP contribution in [-0.4, -0.2) is 0 Å². The summed E-state index contributed by atoms with van der Waals surface area (Å²) < 4.78 is 37.6. The molecule has 0 amide bonds. The number of nitrogens with zero attached hydrogens (tertiary/aromatic N) is 3. The van der Waals surface area contributed by atoms with E-state index in [1.54, 1.807) is 12.1 Å². The van der Waals surface area contributed by atoms with Crippen LogP contribution in [0.25, 0.3) is 0 Å². The average molecular weight is 235 g/mol. The third kappa shape index (κ3) is 2.53. The Kier molecular flexibility index (Phi) is 3.36. The summed E-state index contributed by atoms with van der Waals surface area (Å²) in [7, 11) is 0. The minimum atomic E-state index is -4.69. The molecule has 0 N–H and O–H groups in total. The molecule has 0 heterocycles. The van der Waals surface area contributed by atoms with E-state index >= 15 is 0 Å². The molecular formula is C11H4F3N3. The van der Waals surface area contributed by atoms with E-state index < -0.39 is 17.3 Å². The molecule has 84 valence electrons. The first-order chi connectivity index (χ1) is 7.93. The summed E-state index contributed by atoms with van der Waals surface area (Å²) in [5.41, 5.74) is -1.85. The van der Waals surface area contributed by atoms with Gasteiger partial charge in [-0.05, 0) is 17.7 Å². The van der Waals surface area contributed by atoms with Crippen LogP contribution in [0.2, 0.25) is 0 Å². The van der Waals surface area contributed by atoms with Crippen LogP contribution in [0.4, 0.5) is 13.2 Å². The van der Waals surface area contributed by atoms with Crippen molar-refractivity contribution in [2.75, 3.05) is 0 Å². The van der Waals surface area contributed by atoms with E-state index in [-0.39, 0.29) is 17.5 Å². The second-order valence-electron chi connectivity index (χ2n) is 3.11. The van der Waals surface area contributed by atoms with Crippen LogP contribution in [0.1, 0.15) is 22.3 Å². The molecule has 0 aliphatic rings. The summed E-state index contributed by atoms with van der Waals surface area (Å²) in [6.45, 7) is 0. The van der Waals surface area contributed by atoms with Gasteiger partial charge in [-0.2, -0.15) is 29.0 Å². The lowest BCUT2D eigenvalue weighted by Gasteiger charge is -2.10. The monoisotopic (exact) mass is 235 g/mol. The van der Waals surface area contributed by atoms with Gasteiger partial charge in [-0.25, -0.2) is 0 Å². The predicted molar refractivity (Wildman–Crippen MR) is 50.2 cm³/mol. The minimum absolute atomic E-state index is 0.125. The van der Waals surface area contributed by atoms with Crippen molar-refractivity contribution >= 4 is 0 Å². The molecule has 0 aliphatic carbocycles. The SMILES string of the molecule is N#CCc1cc(C#N)c(C(F)(F)F)cc1C#N. The molecule has 0 saturated carbocycles. The summed E-state index contributed by atoms with van der Waals surface area (Å²) in [6, 6.07) is 6.26. The lowest BCUT2D eigenvalue weighted by molar-refractivity contribution is -0.137. The molecule has 1 aromatic carbocycles. The standard InChI is InChI=1S/C11H4F3N3/c12-11(13,14)10-4-8(5-16)7(1-2-15)3-9(10)6-17/h3-4H,1H2. The molecule has 6 heteroatoms. The van der Waals surface area contributed by atoms with Gasteiger partial charge in [0.1, 0.15) is 0 Å². The Hall–Kier alpha value is -2.52. The van der Waals surface area contributed by atoms with Gasteiger partial charge in [0.05, 0.1) is 41.3 Å². The molecule has 1 aromatic rings. The Bertz CT molecular complexity index is 568. The topological polar surface area (TPSA) is 71.4 Å². The molecule has 17 heavy (non-hydrogen) atoms. The van der Waals surface area contributed by atoms with E-state index in [0.29, 0.717) is 6.07 Å². The van der Waals surface area contributed by atoms with Crippen LogP contribution >= 0.6 is 0 Å². The summed E-state index contributed by atoms with van der Waals surface area (Å²) in [6.07, 6.45) is -4.91. The maximum absolute atomic E-state index is 12.5. The molecular weight excluding hydrogens is 231 g/mol. The fraction of sp³-hybridized carbons (Fsp3) is 0.182. The highest BCUT2D eigenvalue weighted by Crippen LogP contribution is 2.33. The van der Waals surface area contributed by atoms with E-state index in [9.17, 15) is 13.2 Å². The van der Waals surface area contributed by atoms with Gasteiger partial charge in [-0.15, -0.1) is 0 Å². The van der Waals surface area contributed by atoms with Crippen LogP contribution in [0.3, 0.4) is 0 Å². The molecule has 0 unspecified atom stereocenters. The number of hydrogen-bond donors (Lipinski definition) is 0. The maximum atomic E-state index is 12.5. The van der Waals surface area contributed by atoms with Crippen LogP contribution in [0.5, 0.6) is 0 Å². The molecule has 0 aliphatic heterocycles. The van der Waals surface area contributed by atoms with Gasteiger partial charge in [0.15, 0.2) is 0 Å². The first-order valence-corrected chi connectivity index (χ1v) is 4.35. The number of hydrogen-bond acceptors (Lipinski definition) is 3. The molecule has 0 radical (unpaired) electrons. The highest BCUT2D eigenvalue weighted by molar-refractivity contribution is 5.51. The normalized spacial score (nSPS) is 10.1. The molecule has 0 fully saturated rings. The van der Waals surface area contributed by atoms with E-state index in [2.05, 4.69) is 0 Å². The minimum Gasteiger partial charge on any atom is -0.198 e. The van der Waals surface area contributed by atoms with Gasteiger partial charge >= 0.3 is 6.18 Å². The Labute approximate surface area is 94.9 Å². The highest BCUT2D eigenvalue weighted by atomic mass is 19.4. The Morgan fingerprint density at radius 2 is 1.59 bits per heavy atom. The fourth-order valence-corrected chi connectivity index (χ4v) is 1.31. The van der Waals surface area contributed by atoms with Crippen molar-refractivity contribution in [3.63, 3.8) is 0 Å². The Balaban J connectivity index is 3.53. The fourth-order valence-electron chi connectivity index (χ4n) is 1.31. The molecule has 0 atom stereocenters. The molecule has 0 spiro atoms.